The van der Waals surface area contributed by atoms with Crippen LogP contribution in [0.5, 0.6) is 0 Å². The van der Waals surface area contributed by atoms with Crippen molar-refractivity contribution in [3.63, 3.8) is 0 Å². The molecule has 1 aliphatic heterocycles. The monoisotopic (exact) mass is 376 g/mol. The molecule has 29 heavy (non-hydrogen) atoms. The molecular weight excluding hydrogens is 356 g/mol. The Balaban J connectivity index is 1.80. The summed E-state index contributed by atoms with van der Waals surface area (Å²) in [5, 5.41) is 25.0. The van der Waals surface area contributed by atoms with Gasteiger partial charge >= 0.3 is 0 Å². The summed E-state index contributed by atoms with van der Waals surface area (Å²) in [6.45, 7) is 0. The van der Waals surface area contributed by atoms with Crippen LogP contribution in [0.25, 0.3) is 0 Å². The van der Waals surface area contributed by atoms with Crippen molar-refractivity contribution in [1.82, 2.24) is 0 Å². The topological polar surface area (TPSA) is 54.1 Å². The maximum absolute atomic E-state index is 10.4. The van der Waals surface area contributed by atoms with E-state index in [1.807, 2.05) is 65.7 Å². The number of hydrazine groups is 1. The Hall–Kier alpha value is -3.76. The van der Waals surface area contributed by atoms with Crippen molar-refractivity contribution in [2.75, 3.05) is 10.0 Å². The SMILES string of the molecule is N#CC1(C#N)C2c3ccccc3CCC2N(c2ccccc2)N1c1ccccc1. The van der Waals surface area contributed by atoms with Crippen LogP contribution in [0.1, 0.15) is 23.5 Å². The molecule has 0 bridgehead atoms. The number of anilines is 2. The molecule has 1 fully saturated rings. The third-order valence-electron chi connectivity index (χ3n) is 6.16. The Bertz CT molecular complexity index is 1100. The fourth-order valence-corrected chi connectivity index (χ4v) is 5.00. The highest BCUT2D eigenvalue weighted by Gasteiger charge is 2.61. The zero-order chi connectivity index (χ0) is 19.8. The predicted molar refractivity (Wildman–Crippen MR) is 113 cm³/mol. The molecule has 0 N–H and O–H groups in total. The first-order chi connectivity index (χ1) is 14.3. The van der Waals surface area contributed by atoms with E-state index in [0.717, 1.165) is 29.8 Å². The quantitative estimate of drug-likeness (QED) is 0.644. The zero-order valence-electron chi connectivity index (χ0n) is 15.9. The third kappa shape index (κ3) is 2.43. The minimum atomic E-state index is -1.32. The average Bonchev–Trinajstić information content (AvgIpc) is 3.11. The molecule has 2 aliphatic rings. The summed E-state index contributed by atoms with van der Waals surface area (Å²) >= 11 is 0. The lowest BCUT2D eigenvalue weighted by Gasteiger charge is -2.38. The van der Waals surface area contributed by atoms with E-state index in [-0.39, 0.29) is 12.0 Å². The molecule has 3 aromatic rings. The van der Waals surface area contributed by atoms with Crippen LogP contribution in [0.3, 0.4) is 0 Å². The maximum Gasteiger partial charge on any atom is 0.241 e. The lowest BCUT2D eigenvalue weighted by molar-refractivity contribution is 0.479. The van der Waals surface area contributed by atoms with Gasteiger partial charge in [-0.2, -0.15) is 10.5 Å². The van der Waals surface area contributed by atoms with Crippen molar-refractivity contribution in [3.05, 3.63) is 96.1 Å². The molecule has 0 spiro atoms. The number of fused-ring (bicyclic) bond motifs is 3. The van der Waals surface area contributed by atoms with Gasteiger partial charge in [-0.1, -0.05) is 60.7 Å². The lowest BCUT2D eigenvalue weighted by atomic mass is 9.71. The average molecular weight is 376 g/mol. The number of hydrogen-bond donors (Lipinski definition) is 0. The Morgan fingerprint density at radius 1 is 0.759 bits per heavy atom. The van der Waals surface area contributed by atoms with Crippen LogP contribution >= 0.6 is 0 Å². The zero-order valence-corrected chi connectivity index (χ0v) is 15.9. The molecule has 3 aromatic carbocycles. The smallest absolute Gasteiger partial charge is 0.241 e. The van der Waals surface area contributed by atoms with Crippen molar-refractivity contribution in [1.29, 1.82) is 10.5 Å². The molecule has 2 atom stereocenters. The highest BCUT2D eigenvalue weighted by atomic mass is 15.7. The van der Waals surface area contributed by atoms with E-state index in [2.05, 4.69) is 41.4 Å². The van der Waals surface area contributed by atoms with Crippen LogP contribution in [0.2, 0.25) is 0 Å². The summed E-state index contributed by atoms with van der Waals surface area (Å²) in [5.74, 6) is -0.220. The molecular formula is C25H20N4. The number of para-hydroxylation sites is 2. The van der Waals surface area contributed by atoms with Gasteiger partial charge in [-0.05, 0) is 48.2 Å². The first kappa shape index (κ1) is 17.3. The minimum Gasteiger partial charge on any atom is -0.279 e. The summed E-state index contributed by atoms with van der Waals surface area (Å²) < 4.78 is 0. The normalized spacial score (nSPS) is 21.6. The van der Waals surface area contributed by atoms with Gasteiger partial charge in [0.15, 0.2) is 0 Å². The molecule has 5 rings (SSSR count). The van der Waals surface area contributed by atoms with Gasteiger partial charge in [-0.3, -0.25) is 5.01 Å². The second-order valence-electron chi connectivity index (χ2n) is 7.60. The summed E-state index contributed by atoms with van der Waals surface area (Å²) in [7, 11) is 0. The van der Waals surface area contributed by atoms with Crippen LogP contribution < -0.4 is 10.0 Å². The molecule has 140 valence electrons. The number of nitriles is 2. The molecule has 1 heterocycles. The molecule has 4 heteroatoms. The van der Waals surface area contributed by atoms with Gasteiger partial charge in [0, 0.05) is 0 Å². The van der Waals surface area contributed by atoms with Gasteiger partial charge in [0.2, 0.25) is 5.54 Å². The van der Waals surface area contributed by atoms with Crippen LogP contribution in [-0.4, -0.2) is 11.6 Å². The van der Waals surface area contributed by atoms with Crippen LogP contribution in [0.4, 0.5) is 11.4 Å². The molecule has 1 saturated heterocycles. The Morgan fingerprint density at radius 2 is 1.34 bits per heavy atom. The van der Waals surface area contributed by atoms with Gasteiger partial charge in [-0.25, -0.2) is 5.01 Å². The van der Waals surface area contributed by atoms with E-state index >= 15 is 0 Å². The van der Waals surface area contributed by atoms with E-state index in [9.17, 15) is 10.5 Å². The van der Waals surface area contributed by atoms with Gasteiger partial charge in [0.25, 0.3) is 0 Å². The molecule has 0 amide bonds. The summed E-state index contributed by atoms with van der Waals surface area (Å²) in [6, 6.07) is 33.1. The summed E-state index contributed by atoms with van der Waals surface area (Å²) in [4.78, 5) is 0. The molecule has 4 nitrogen and oxygen atoms in total. The second kappa shape index (κ2) is 6.69. The highest BCUT2D eigenvalue weighted by Crippen LogP contribution is 2.53. The van der Waals surface area contributed by atoms with E-state index in [1.165, 1.54) is 5.56 Å². The number of rotatable bonds is 2. The van der Waals surface area contributed by atoms with Crippen LogP contribution in [-0.2, 0) is 6.42 Å². The Morgan fingerprint density at radius 3 is 2.00 bits per heavy atom. The van der Waals surface area contributed by atoms with Crippen molar-refractivity contribution in [3.8, 4) is 12.1 Å². The van der Waals surface area contributed by atoms with Crippen molar-refractivity contribution in [2.24, 2.45) is 0 Å². The van der Waals surface area contributed by atoms with Crippen LogP contribution in [0, 0.1) is 22.7 Å². The molecule has 2 unspecified atom stereocenters. The van der Waals surface area contributed by atoms with Gasteiger partial charge in [0.1, 0.15) is 12.1 Å². The summed E-state index contributed by atoms with van der Waals surface area (Å²) in [5.41, 5.74) is 2.89. The first-order valence-corrected chi connectivity index (χ1v) is 9.90. The van der Waals surface area contributed by atoms with E-state index in [4.69, 9.17) is 0 Å². The largest absolute Gasteiger partial charge is 0.279 e. The second-order valence-corrected chi connectivity index (χ2v) is 7.60. The van der Waals surface area contributed by atoms with Crippen molar-refractivity contribution < 1.29 is 0 Å². The molecule has 0 saturated carbocycles. The maximum atomic E-state index is 10.4. The first-order valence-electron chi connectivity index (χ1n) is 9.90. The van der Waals surface area contributed by atoms with E-state index < -0.39 is 5.54 Å². The Labute approximate surface area is 170 Å². The number of nitrogens with zero attached hydrogens (tertiary/aromatic N) is 4. The molecule has 1 aliphatic carbocycles. The van der Waals surface area contributed by atoms with Gasteiger partial charge < -0.3 is 0 Å². The number of aryl methyl sites for hydroxylation is 1. The Kier molecular flexibility index (Phi) is 4.00. The standard InChI is InChI=1S/C25H20N4/c26-17-25(18-27)24-22-14-8-7-9-19(22)15-16-23(24)28(20-10-3-1-4-11-20)29(25)21-12-5-2-6-13-21/h1-14,23-24H,15-16H2. The number of benzene rings is 3. The lowest BCUT2D eigenvalue weighted by Crippen LogP contribution is -2.51. The molecule has 0 radical (unpaired) electrons. The van der Waals surface area contributed by atoms with E-state index in [1.54, 1.807) is 0 Å². The van der Waals surface area contributed by atoms with Crippen molar-refractivity contribution >= 4 is 11.4 Å². The van der Waals surface area contributed by atoms with Gasteiger partial charge in [0.05, 0.1) is 23.3 Å². The number of hydrogen-bond acceptors (Lipinski definition) is 4. The third-order valence-corrected chi connectivity index (χ3v) is 6.16. The highest BCUT2D eigenvalue weighted by molar-refractivity contribution is 5.70. The van der Waals surface area contributed by atoms with Crippen molar-refractivity contribution in [2.45, 2.75) is 30.3 Å². The van der Waals surface area contributed by atoms with E-state index in [0.29, 0.717) is 0 Å². The fourth-order valence-electron chi connectivity index (χ4n) is 5.00. The predicted octanol–water partition coefficient (Wildman–Crippen LogP) is 4.81. The van der Waals surface area contributed by atoms with Crippen LogP contribution in [0.15, 0.2) is 84.9 Å². The molecule has 0 aromatic heterocycles. The van der Waals surface area contributed by atoms with Gasteiger partial charge in [-0.15, -0.1) is 0 Å². The summed E-state index contributed by atoms with van der Waals surface area (Å²) in [6.07, 6.45) is 1.83. The minimum absolute atomic E-state index is 0.0341. The fraction of sp³-hybridized carbons (Fsp3) is 0.200.